The summed E-state index contributed by atoms with van der Waals surface area (Å²) in [6, 6.07) is 5.28. The minimum Gasteiger partial charge on any atom is -0.464 e. The molecule has 116 valence electrons. The SMILES string of the molecule is COC(=O)c1ccc(N2CCOC(Cn3cccn3)C2)nn1. The van der Waals surface area contributed by atoms with Crippen LogP contribution in [0, 0.1) is 0 Å². The van der Waals surface area contributed by atoms with E-state index >= 15 is 0 Å². The van der Waals surface area contributed by atoms with Gasteiger partial charge in [-0.05, 0) is 18.2 Å². The van der Waals surface area contributed by atoms with Gasteiger partial charge in [-0.25, -0.2) is 4.79 Å². The van der Waals surface area contributed by atoms with E-state index in [-0.39, 0.29) is 11.8 Å². The van der Waals surface area contributed by atoms with Gasteiger partial charge in [-0.1, -0.05) is 0 Å². The minimum absolute atomic E-state index is 0.0377. The first kappa shape index (κ1) is 14.5. The number of carbonyl (C=O) groups is 1. The fraction of sp³-hybridized carbons (Fsp3) is 0.429. The van der Waals surface area contributed by atoms with Crippen LogP contribution in [0.2, 0.25) is 0 Å². The number of ether oxygens (including phenoxy) is 2. The quantitative estimate of drug-likeness (QED) is 0.754. The van der Waals surface area contributed by atoms with Crippen molar-refractivity contribution in [1.82, 2.24) is 20.0 Å². The first-order valence-corrected chi connectivity index (χ1v) is 7.02. The Morgan fingerprint density at radius 2 is 2.36 bits per heavy atom. The summed E-state index contributed by atoms with van der Waals surface area (Å²) in [5, 5.41) is 12.2. The van der Waals surface area contributed by atoms with Crippen LogP contribution in [0.3, 0.4) is 0 Å². The van der Waals surface area contributed by atoms with Gasteiger partial charge in [0.25, 0.3) is 0 Å². The van der Waals surface area contributed by atoms with E-state index in [1.165, 1.54) is 7.11 Å². The van der Waals surface area contributed by atoms with Crippen molar-refractivity contribution < 1.29 is 14.3 Å². The number of nitrogens with zero attached hydrogens (tertiary/aromatic N) is 5. The molecule has 1 aliphatic rings. The lowest BCUT2D eigenvalue weighted by atomic mass is 10.2. The molecule has 1 aliphatic heterocycles. The van der Waals surface area contributed by atoms with Crippen LogP contribution in [0.1, 0.15) is 10.5 Å². The van der Waals surface area contributed by atoms with E-state index in [0.29, 0.717) is 19.7 Å². The van der Waals surface area contributed by atoms with Crippen LogP contribution in [-0.2, 0) is 16.0 Å². The van der Waals surface area contributed by atoms with Gasteiger partial charge in [0.05, 0.1) is 26.4 Å². The molecule has 22 heavy (non-hydrogen) atoms. The summed E-state index contributed by atoms with van der Waals surface area (Å²) in [6.45, 7) is 2.75. The van der Waals surface area contributed by atoms with Crippen LogP contribution >= 0.6 is 0 Å². The van der Waals surface area contributed by atoms with Gasteiger partial charge in [0, 0.05) is 25.5 Å². The second-order valence-corrected chi connectivity index (χ2v) is 4.94. The first-order chi connectivity index (χ1) is 10.8. The highest BCUT2D eigenvalue weighted by Crippen LogP contribution is 2.15. The second kappa shape index (κ2) is 6.52. The van der Waals surface area contributed by atoms with Crippen molar-refractivity contribution >= 4 is 11.8 Å². The number of rotatable bonds is 4. The topological polar surface area (TPSA) is 82.4 Å². The smallest absolute Gasteiger partial charge is 0.358 e. The van der Waals surface area contributed by atoms with Crippen molar-refractivity contribution in [1.29, 1.82) is 0 Å². The van der Waals surface area contributed by atoms with Gasteiger partial charge in [0.15, 0.2) is 11.5 Å². The van der Waals surface area contributed by atoms with Gasteiger partial charge in [0.2, 0.25) is 0 Å². The molecule has 3 heterocycles. The van der Waals surface area contributed by atoms with Crippen LogP contribution in [0.15, 0.2) is 30.6 Å². The van der Waals surface area contributed by atoms with E-state index in [0.717, 1.165) is 12.4 Å². The zero-order valence-electron chi connectivity index (χ0n) is 12.3. The third kappa shape index (κ3) is 3.22. The molecule has 1 unspecified atom stereocenters. The Kier molecular flexibility index (Phi) is 4.29. The normalized spacial score (nSPS) is 18.2. The summed E-state index contributed by atoms with van der Waals surface area (Å²) in [6.07, 6.45) is 3.70. The molecule has 8 heteroatoms. The number of hydrogen-bond acceptors (Lipinski definition) is 7. The van der Waals surface area contributed by atoms with Crippen LogP contribution in [0.5, 0.6) is 0 Å². The Labute approximate surface area is 127 Å². The summed E-state index contributed by atoms with van der Waals surface area (Å²) in [5.74, 6) is 0.235. The number of carbonyl (C=O) groups excluding carboxylic acids is 1. The summed E-state index contributed by atoms with van der Waals surface area (Å²) >= 11 is 0. The molecule has 0 radical (unpaired) electrons. The van der Waals surface area contributed by atoms with E-state index in [1.54, 1.807) is 18.3 Å². The van der Waals surface area contributed by atoms with Gasteiger partial charge in [-0.3, -0.25) is 4.68 Å². The molecule has 0 aromatic carbocycles. The first-order valence-electron chi connectivity index (χ1n) is 7.02. The second-order valence-electron chi connectivity index (χ2n) is 4.94. The summed E-state index contributed by atoms with van der Waals surface area (Å²) < 4.78 is 12.2. The molecule has 1 fully saturated rings. The molecular weight excluding hydrogens is 286 g/mol. The van der Waals surface area contributed by atoms with E-state index in [9.17, 15) is 4.79 Å². The molecule has 0 bridgehead atoms. The molecule has 2 aromatic rings. The Bertz CT molecular complexity index is 614. The lowest BCUT2D eigenvalue weighted by molar-refractivity contribution is 0.0271. The Balaban J connectivity index is 1.65. The molecule has 0 spiro atoms. The van der Waals surface area contributed by atoms with Crippen LogP contribution in [0.4, 0.5) is 5.82 Å². The lowest BCUT2D eigenvalue weighted by Crippen LogP contribution is -2.44. The monoisotopic (exact) mass is 303 g/mol. The maximum absolute atomic E-state index is 11.4. The summed E-state index contributed by atoms with van der Waals surface area (Å²) in [5.41, 5.74) is 0.201. The molecule has 0 saturated carbocycles. The van der Waals surface area contributed by atoms with Gasteiger partial charge in [-0.2, -0.15) is 5.10 Å². The summed E-state index contributed by atoms with van der Waals surface area (Å²) in [4.78, 5) is 13.5. The Hall–Kier alpha value is -2.48. The number of methoxy groups -OCH3 is 1. The summed E-state index contributed by atoms with van der Waals surface area (Å²) in [7, 11) is 1.32. The Morgan fingerprint density at radius 3 is 3.05 bits per heavy atom. The number of anilines is 1. The number of esters is 1. The lowest BCUT2D eigenvalue weighted by Gasteiger charge is -2.33. The number of aromatic nitrogens is 4. The maximum Gasteiger partial charge on any atom is 0.358 e. The molecule has 8 nitrogen and oxygen atoms in total. The maximum atomic E-state index is 11.4. The van der Waals surface area contributed by atoms with Crippen molar-refractivity contribution in [3.8, 4) is 0 Å². The largest absolute Gasteiger partial charge is 0.464 e. The fourth-order valence-electron chi connectivity index (χ4n) is 2.36. The van der Waals surface area contributed by atoms with E-state index in [1.807, 2.05) is 16.9 Å². The Morgan fingerprint density at radius 1 is 1.45 bits per heavy atom. The van der Waals surface area contributed by atoms with Crippen molar-refractivity contribution in [3.63, 3.8) is 0 Å². The molecule has 1 atom stereocenters. The number of hydrogen-bond donors (Lipinski definition) is 0. The van der Waals surface area contributed by atoms with E-state index < -0.39 is 5.97 Å². The minimum atomic E-state index is -0.488. The molecule has 2 aromatic heterocycles. The van der Waals surface area contributed by atoms with Gasteiger partial charge < -0.3 is 14.4 Å². The average Bonchev–Trinajstić information content (AvgIpc) is 3.07. The van der Waals surface area contributed by atoms with E-state index in [2.05, 4.69) is 24.9 Å². The molecular formula is C14H17N5O3. The van der Waals surface area contributed by atoms with Gasteiger partial charge in [0.1, 0.15) is 0 Å². The van der Waals surface area contributed by atoms with Crippen LogP contribution in [0.25, 0.3) is 0 Å². The molecule has 3 rings (SSSR count). The standard InChI is InChI=1S/C14H17N5O3/c1-21-14(20)12-3-4-13(17-16-12)18-7-8-22-11(9-18)10-19-6-2-5-15-19/h2-6,11H,7-10H2,1H3. The zero-order chi connectivity index (χ0) is 15.4. The molecule has 0 N–H and O–H groups in total. The fourth-order valence-corrected chi connectivity index (χ4v) is 2.36. The highest BCUT2D eigenvalue weighted by atomic mass is 16.5. The van der Waals surface area contributed by atoms with Crippen molar-refractivity contribution in [2.24, 2.45) is 0 Å². The number of morpholine rings is 1. The molecule has 1 saturated heterocycles. The van der Waals surface area contributed by atoms with E-state index in [4.69, 9.17) is 4.74 Å². The highest BCUT2D eigenvalue weighted by molar-refractivity contribution is 5.86. The third-order valence-electron chi connectivity index (χ3n) is 3.46. The average molecular weight is 303 g/mol. The zero-order valence-corrected chi connectivity index (χ0v) is 12.3. The van der Waals surface area contributed by atoms with Gasteiger partial charge in [-0.15, -0.1) is 10.2 Å². The highest BCUT2D eigenvalue weighted by Gasteiger charge is 2.22. The van der Waals surface area contributed by atoms with Crippen molar-refractivity contribution in [2.45, 2.75) is 12.6 Å². The predicted octanol–water partition coefficient (Wildman–Crippen LogP) is 0.365. The predicted molar refractivity (Wildman–Crippen MR) is 77.6 cm³/mol. The van der Waals surface area contributed by atoms with Crippen molar-refractivity contribution in [2.75, 3.05) is 31.7 Å². The van der Waals surface area contributed by atoms with Crippen LogP contribution < -0.4 is 4.90 Å². The van der Waals surface area contributed by atoms with Crippen molar-refractivity contribution in [3.05, 3.63) is 36.3 Å². The van der Waals surface area contributed by atoms with Gasteiger partial charge >= 0.3 is 5.97 Å². The molecule has 0 amide bonds. The molecule has 0 aliphatic carbocycles. The van der Waals surface area contributed by atoms with Crippen LogP contribution in [-0.4, -0.2) is 58.9 Å². The third-order valence-corrected chi connectivity index (χ3v) is 3.46.